The number of hydrogen-bond donors (Lipinski definition) is 2. The van der Waals surface area contributed by atoms with Crippen molar-refractivity contribution in [2.75, 3.05) is 13.2 Å². The molecule has 0 bridgehead atoms. The van der Waals surface area contributed by atoms with E-state index >= 15 is 0 Å². The quantitative estimate of drug-likeness (QED) is 0.757. The predicted octanol–water partition coefficient (Wildman–Crippen LogP) is 0.768. The molecule has 2 aromatic rings. The molecule has 0 unspecified atom stereocenters. The van der Waals surface area contributed by atoms with Crippen molar-refractivity contribution in [1.82, 2.24) is 4.73 Å². The number of phenolic OH excluding ortho intramolecular Hbond substituents is 1. The summed E-state index contributed by atoms with van der Waals surface area (Å²) in [5.41, 5.74) is 0.626. The number of para-hydroxylation sites is 1. The predicted molar refractivity (Wildman–Crippen MR) is 52.1 cm³/mol. The number of aromatic hydroxyl groups is 1. The molecule has 0 aliphatic rings. The molecule has 1 aromatic heterocycles. The van der Waals surface area contributed by atoms with Gasteiger partial charge in [0.05, 0.1) is 6.61 Å². The van der Waals surface area contributed by atoms with Crippen LogP contribution in [-0.2, 0) is 0 Å². The molecular formula is C10H11NO3. The van der Waals surface area contributed by atoms with E-state index in [-0.39, 0.29) is 19.0 Å². The Hall–Kier alpha value is -1.68. The van der Waals surface area contributed by atoms with E-state index in [0.29, 0.717) is 5.52 Å². The van der Waals surface area contributed by atoms with Gasteiger partial charge < -0.3 is 15.1 Å². The van der Waals surface area contributed by atoms with E-state index in [4.69, 9.17) is 9.94 Å². The highest BCUT2D eigenvalue weighted by Gasteiger charge is 2.05. The first-order valence-corrected chi connectivity index (χ1v) is 4.36. The number of nitrogens with zero attached hydrogens (tertiary/aromatic N) is 1. The lowest BCUT2D eigenvalue weighted by Gasteiger charge is -2.06. The van der Waals surface area contributed by atoms with Crippen LogP contribution < -0.4 is 4.84 Å². The molecule has 14 heavy (non-hydrogen) atoms. The molecule has 0 radical (unpaired) electrons. The van der Waals surface area contributed by atoms with Crippen molar-refractivity contribution >= 4 is 10.9 Å². The van der Waals surface area contributed by atoms with Crippen molar-refractivity contribution in [2.24, 2.45) is 0 Å². The molecule has 2 N–H and O–H groups in total. The molecule has 4 heteroatoms. The Balaban J connectivity index is 2.45. The Morgan fingerprint density at radius 3 is 2.93 bits per heavy atom. The molecule has 0 saturated carbocycles. The molecule has 0 fully saturated rings. The van der Waals surface area contributed by atoms with Crippen molar-refractivity contribution in [1.29, 1.82) is 0 Å². The minimum Gasteiger partial charge on any atom is -0.506 e. The lowest BCUT2D eigenvalue weighted by Crippen LogP contribution is -2.13. The monoisotopic (exact) mass is 193 g/mol. The van der Waals surface area contributed by atoms with Crippen LogP contribution in [0.5, 0.6) is 5.75 Å². The summed E-state index contributed by atoms with van der Waals surface area (Å²) in [6.45, 7) is 0.158. The first-order chi connectivity index (χ1) is 6.83. The fourth-order valence-corrected chi connectivity index (χ4v) is 1.39. The molecule has 4 nitrogen and oxygen atoms in total. The molecule has 1 aromatic carbocycles. The number of phenols is 1. The molecule has 0 aliphatic heterocycles. The molecule has 0 aliphatic carbocycles. The maximum Gasteiger partial charge on any atom is 0.143 e. The molecule has 0 amide bonds. The first kappa shape index (κ1) is 8.90. The second-order valence-electron chi connectivity index (χ2n) is 2.91. The Labute approximate surface area is 80.9 Å². The number of rotatable bonds is 3. The van der Waals surface area contributed by atoms with Gasteiger partial charge in [-0.25, -0.2) is 0 Å². The summed E-state index contributed by atoms with van der Waals surface area (Å²) < 4.78 is 1.46. The molecule has 0 saturated heterocycles. The highest BCUT2D eigenvalue weighted by molar-refractivity contribution is 5.85. The van der Waals surface area contributed by atoms with Crippen LogP contribution in [0.15, 0.2) is 30.5 Å². The molecule has 0 atom stereocenters. The Bertz CT molecular complexity index is 436. The molecular weight excluding hydrogens is 182 g/mol. The van der Waals surface area contributed by atoms with Gasteiger partial charge in [-0.2, -0.15) is 4.73 Å². The highest BCUT2D eigenvalue weighted by atomic mass is 16.7. The molecule has 74 valence electrons. The zero-order valence-electron chi connectivity index (χ0n) is 7.55. The number of fused-ring (bicyclic) bond motifs is 1. The van der Waals surface area contributed by atoms with Gasteiger partial charge in [0, 0.05) is 11.6 Å². The van der Waals surface area contributed by atoms with Gasteiger partial charge in [0.2, 0.25) is 0 Å². The average molecular weight is 193 g/mol. The third kappa shape index (κ3) is 1.40. The lowest BCUT2D eigenvalue weighted by molar-refractivity contribution is 0.0826. The normalized spacial score (nSPS) is 10.6. The summed E-state index contributed by atoms with van der Waals surface area (Å²) in [5.74, 6) is 0.172. The van der Waals surface area contributed by atoms with E-state index in [1.807, 2.05) is 12.1 Å². The van der Waals surface area contributed by atoms with Gasteiger partial charge in [0.25, 0.3) is 0 Å². The van der Waals surface area contributed by atoms with Gasteiger partial charge in [-0.3, -0.25) is 0 Å². The molecule has 0 spiro atoms. The van der Waals surface area contributed by atoms with E-state index < -0.39 is 0 Å². The molecule has 2 rings (SSSR count). The van der Waals surface area contributed by atoms with Gasteiger partial charge in [0.1, 0.15) is 17.9 Å². The Kier molecular flexibility index (Phi) is 2.28. The van der Waals surface area contributed by atoms with Crippen LogP contribution in [0.1, 0.15) is 0 Å². The van der Waals surface area contributed by atoms with E-state index in [0.717, 1.165) is 5.39 Å². The number of hydrogen-bond acceptors (Lipinski definition) is 3. The van der Waals surface area contributed by atoms with Crippen LogP contribution in [0.25, 0.3) is 10.9 Å². The van der Waals surface area contributed by atoms with Crippen molar-refractivity contribution in [3.8, 4) is 5.75 Å². The third-order valence-corrected chi connectivity index (χ3v) is 1.98. The van der Waals surface area contributed by atoms with Crippen LogP contribution in [-0.4, -0.2) is 28.2 Å². The number of aliphatic hydroxyl groups is 1. The average Bonchev–Trinajstić information content (AvgIpc) is 2.59. The third-order valence-electron chi connectivity index (χ3n) is 1.98. The smallest absolute Gasteiger partial charge is 0.143 e. The first-order valence-electron chi connectivity index (χ1n) is 4.36. The van der Waals surface area contributed by atoms with Crippen LogP contribution in [0.3, 0.4) is 0 Å². The summed E-state index contributed by atoms with van der Waals surface area (Å²) in [5, 5.41) is 19.1. The maximum atomic E-state index is 9.58. The Morgan fingerprint density at radius 2 is 2.14 bits per heavy atom. The highest BCUT2D eigenvalue weighted by Crippen LogP contribution is 2.24. The minimum absolute atomic E-state index is 0.0483. The SMILES string of the molecule is OCCOn1ccc2cccc(O)c21. The summed E-state index contributed by atoms with van der Waals surface area (Å²) in [6, 6.07) is 7.09. The summed E-state index contributed by atoms with van der Waals surface area (Å²) in [4.78, 5) is 5.20. The van der Waals surface area contributed by atoms with Gasteiger partial charge >= 0.3 is 0 Å². The van der Waals surface area contributed by atoms with E-state index in [1.54, 1.807) is 18.3 Å². The zero-order valence-corrected chi connectivity index (χ0v) is 7.55. The second-order valence-corrected chi connectivity index (χ2v) is 2.91. The van der Waals surface area contributed by atoms with Crippen LogP contribution >= 0.6 is 0 Å². The summed E-state index contributed by atoms with van der Waals surface area (Å²) in [6.07, 6.45) is 1.71. The Morgan fingerprint density at radius 1 is 1.29 bits per heavy atom. The van der Waals surface area contributed by atoms with Crippen molar-refractivity contribution < 1.29 is 15.1 Å². The van der Waals surface area contributed by atoms with Crippen LogP contribution in [0.2, 0.25) is 0 Å². The van der Waals surface area contributed by atoms with Crippen molar-refractivity contribution in [2.45, 2.75) is 0 Å². The van der Waals surface area contributed by atoms with E-state index in [9.17, 15) is 5.11 Å². The van der Waals surface area contributed by atoms with Gasteiger partial charge in [-0.05, 0) is 12.1 Å². The standard InChI is InChI=1S/C10H11NO3/c12-6-7-14-11-5-4-8-2-1-3-9(13)10(8)11/h1-5,12-13H,6-7H2. The number of benzene rings is 1. The topological polar surface area (TPSA) is 54.6 Å². The molecule has 1 heterocycles. The van der Waals surface area contributed by atoms with Crippen molar-refractivity contribution in [3.05, 3.63) is 30.5 Å². The number of aliphatic hydroxyl groups excluding tert-OH is 1. The second kappa shape index (κ2) is 3.59. The van der Waals surface area contributed by atoms with Gasteiger partial charge in [-0.15, -0.1) is 0 Å². The number of aromatic nitrogens is 1. The van der Waals surface area contributed by atoms with E-state index in [1.165, 1.54) is 4.73 Å². The van der Waals surface area contributed by atoms with Crippen LogP contribution in [0.4, 0.5) is 0 Å². The zero-order chi connectivity index (χ0) is 9.97. The maximum absolute atomic E-state index is 9.58. The van der Waals surface area contributed by atoms with E-state index in [2.05, 4.69) is 0 Å². The van der Waals surface area contributed by atoms with Gasteiger partial charge in [0.15, 0.2) is 0 Å². The minimum atomic E-state index is -0.0483. The summed E-state index contributed by atoms with van der Waals surface area (Å²) >= 11 is 0. The largest absolute Gasteiger partial charge is 0.506 e. The fourth-order valence-electron chi connectivity index (χ4n) is 1.39. The lowest BCUT2D eigenvalue weighted by atomic mass is 10.2. The van der Waals surface area contributed by atoms with Crippen molar-refractivity contribution in [3.63, 3.8) is 0 Å². The fraction of sp³-hybridized carbons (Fsp3) is 0.200. The summed E-state index contributed by atoms with van der Waals surface area (Å²) in [7, 11) is 0. The van der Waals surface area contributed by atoms with Gasteiger partial charge in [-0.1, -0.05) is 12.1 Å². The van der Waals surface area contributed by atoms with Crippen LogP contribution in [0, 0.1) is 0 Å².